The highest BCUT2D eigenvalue weighted by Crippen LogP contribution is 2.15. The van der Waals surface area contributed by atoms with Crippen molar-refractivity contribution in [1.82, 2.24) is 20.5 Å². The first-order valence-corrected chi connectivity index (χ1v) is 9.35. The number of nitrogens with one attached hydrogen (secondary N) is 3. The molecule has 0 bridgehead atoms. The minimum atomic E-state index is 0. The lowest BCUT2D eigenvalue weighted by Gasteiger charge is -2.30. The number of rotatable bonds is 8. The predicted molar refractivity (Wildman–Crippen MR) is 124 cm³/mol. The normalized spacial score (nSPS) is 12.1. The van der Waals surface area contributed by atoms with Crippen molar-refractivity contribution < 1.29 is 0 Å². The van der Waals surface area contributed by atoms with Crippen LogP contribution in [0.5, 0.6) is 0 Å². The maximum atomic E-state index is 4.71. The third-order valence-electron chi connectivity index (χ3n) is 4.33. The summed E-state index contributed by atoms with van der Waals surface area (Å²) < 4.78 is 0. The third-order valence-corrected chi connectivity index (χ3v) is 4.33. The molecule has 0 spiro atoms. The van der Waals surface area contributed by atoms with Crippen LogP contribution in [0.4, 0.5) is 0 Å². The van der Waals surface area contributed by atoms with E-state index in [-0.39, 0.29) is 24.0 Å². The van der Waals surface area contributed by atoms with Gasteiger partial charge < -0.3 is 15.6 Å². The van der Waals surface area contributed by atoms with Gasteiger partial charge in [0.15, 0.2) is 5.96 Å². The van der Waals surface area contributed by atoms with Crippen molar-refractivity contribution in [2.45, 2.75) is 53.2 Å². The average Bonchev–Trinajstić information content (AvgIpc) is 2.98. The number of H-pyrrole nitrogens is 1. The number of hydrogen-bond acceptors (Lipinski definition) is 2. The maximum absolute atomic E-state index is 4.71. The minimum Gasteiger partial charge on any atom is -0.357 e. The zero-order valence-corrected chi connectivity index (χ0v) is 19.0. The number of aliphatic imine (C=N–C) groups is 1. The van der Waals surface area contributed by atoms with Gasteiger partial charge in [-0.2, -0.15) is 0 Å². The molecule has 1 aromatic carbocycles. The van der Waals surface area contributed by atoms with Crippen LogP contribution < -0.4 is 10.6 Å². The summed E-state index contributed by atoms with van der Waals surface area (Å²) in [6.45, 7) is 14.5. The Balaban J connectivity index is 0.00000338. The lowest BCUT2D eigenvalue weighted by molar-refractivity contribution is 0.178. The second-order valence-corrected chi connectivity index (χ2v) is 6.93. The second-order valence-electron chi connectivity index (χ2n) is 6.93. The molecule has 1 heterocycles. The number of aromatic amines is 1. The van der Waals surface area contributed by atoms with Crippen LogP contribution in [-0.4, -0.2) is 47.6 Å². The van der Waals surface area contributed by atoms with E-state index in [0.717, 1.165) is 36.8 Å². The van der Waals surface area contributed by atoms with Crippen molar-refractivity contribution in [3.8, 4) is 0 Å². The molecule has 0 amide bonds. The molecule has 0 atom stereocenters. The van der Waals surface area contributed by atoms with Crippen LogP contribution in [0.25, 0.3) is 10.9 Å². The Morgan fingerprint density at radius 2 is 1.81 bits per heavy atom. The Morgan fingerprint density at radius 1 is 1.12 bits per heavy atom. The van der Waals surface area contributed by atoms with E-state index in [1.54, 1.807) is 0 Å². The number of para-hydroxylation sites is 1. The minimum absolute atomic E-state index is 0. The predicted octanol–water partition coefficient (Wildman–Crippen LogP) is 3.96. The number of halogens is 1. The van der Waals surface area contributed by atoms with Crippen LogP contribution in [0, 0.1) is 0 Å². The second kappa shape index (κ2) is 11.4. The average molecular weight is 471 g/mol. The molecule has 5 nitrogen and oxygen atoms in total. The first kappa shape index (κ1) is 22.8. The van der Waals surface area contributed by atoms with Gasteiger partial charge in [-0.25, -0.2) is 4.99 Å². The van der Waals surface area contributed by atoms with E-state index >= 15 is 0 Å². The number of guanidine groups is 1. The first-order chi connectivity index (χ1) is 12.0. The van der Waals surface area contributed by atoms with Gasteiger partial charge >= 0.3 is 0 Å². The molecule has 6 heteroatoms. The van der Waals surface area contributed by atoms with Crippen molar-refractivity contribution >= 4 is 40.8 Å². The number of aromatic nitrogens is 1. The number of nitrogens with zero attached hydrogens (tertiary/aromatic N) is 2. The summed E-state index contributed by atoms with van der Waals surface area (Å²) in [7, 11) is 0. The fourth-order valence-corrected chi connectivity index (χ4v) is 3.14. The Hall–Kier alpha value is -1.28. The van der Waals surface area contributed by atoms with E-state index in [1.165, 1.54) is 5.39 Å². The van der Waals surface area contributed by atoms with Gasteiger partial charge in [-0.3, -0.25) is 4.90 Å². The van der Waals surface area contributed by atoms with Gasteiger partial charge in [0.1, 0.15) is 0 Å². The van der Waals surface area contributed by atoms with Crippen LogP contribution >= 0.6 is 24.0 Å². The first-order valence-electron chi connectivity index (χ1n) is 9.35. The maximum Gasteiger partial charge on any atom is 0.191 e. The molecule has 0 unspecified atom stereocenters. The van der Waals surface area contributed by atoms with Gasteiger partial charge in [0.2, 0.25) is 0 Å². The van der Waals surface area contributed by atoms with Crippen LogP contribution in [0.2, 0.25) is 0 Å². The summed E-state index contributed by atoms with van der Waals surface area (Å²) in [5.41, 5.74) is 2.29. The van der Waals surface area contributed by atoms with E-state index in [1.807, 2.05) is 6.07 Å². The Labute approximate surface area is 175 Å². The Kier molecular flexibility index (Phi) is 10.0. The Bertz CT molecular complexity index is 637. The van der Waals surface area contributed by atoms with Crippen molar-refractivity contribution in [2.75, 3.05) is 19.6 Å². The van der Waals surface area contributed by atoms with Crippen LogP contribution in [-0.2, 0) is 6.54 Å². The van der Waals surface area contributed by atoms with E-state index in [0.29, 0.717) is 18.6 Å². The summed E-state index contributed by atoms with van der Waals surface area (Å²) in [5, 5.41) is 8.01. The molecule has 2 rings (SSSR count). The summed E-state index contributed by atoms with van der Waals surface area (Å²) in [4.78, 5) is 10.6. The largest absolute Gasteiger partial charge is 0.357 e. The van der Waals surface area contributed by atoms with E-state index in [4.69, 9.17) is 4.99 Å². The molecule has 0 saturated carbocycles. The summed E-state index contributed by atoms with van der Waals surface area (Å²) in [5.74, 6) is 0.869. The molecule has 1 aromatic heterocycles. The van der Waals surface area contributed by atoms with Gasteiger partial charge in [-0.15, -0.1) is 24.0 Å². The monoisotopic (exact) mass is 471 g/mol. The summed E-state index contributed by atoms with van der Waals surface area (Å²) in [6, 6.07) is 11.6. The molecule has 0 saturated heterocycles. The van der Waals surface area contributed by atoms with Gasteiger partial charge in [-0.1, -0.05) is 18.2 Å². The molecular weight excluding hydrogens is 437 g/mol. The molecule has 0 fully saturated rings. The molecule has 3 N–H and O–H groups in total. The molecule has 146 valence electrons. The molecule has 0 aliphatic carbocycles. The highest BCUT2D eigenvalue weighted by molar-refractivity contribution is 14.0. The van der Waals surface area contributed by atoms with Gasteiger partial charge in [0.05, 0.1) is 6.54 Å². The van der Waals surface area contributed by atoms with Gasteiger partial charge in [-0.05, 0) is 52.1 Å². The van der Waals surface area contributed by atoms with Crippen molar-refractivity contribution in [3.63, 3.8) is 0 Å². The molecule has 2 aromatic rings. The zero-order chi connectivity index (χ0) is 18.2. The lowest BCUT2D eigenvalue weighted by atomic mass is 10.2. The van der Waals surface area contributed by atoms with Crippen molar-refractivity contribution in [2.24, 2.45) is 4.99 Å². The Morgan fingerprint density at radius 3 is 2.42 bits per heavy atom. The zero-order valence-electron chi connectivity index (χ0n) is 16.7. The van der Waals surface area contributed by atoms with Crippen LogP contribution in [0.1, 0.15) is 40.3 Å². The molecule has 0 aliphatic rings. The fourth-order valence-electron chi connectivity index (χ4n) is 3.14. The van der Waals surface area contributed by atoms with E-state index in [9.17, 15) is 0 Å². The third kappa shape index (κ3) is 6.79. The highest BCUT2D eigenvalue weighted by atomic mass is 127. The van der Waals surface area contributed by atoms with Gasteiger partial charge in [0, 0.05) is 42.9 Å². The number of hydrogen-bond donors (Lipinski definition) is 3. The molecular formula is C20H34IN5. The molecule has 0 aliphatic heterocycles. The quantitative estimate of drug-likeness (QED) is 0.311. The SMILES string of the molecule is CCNC(=NCc1cc2ccccc2[nH]1)NCCN(C(C)C)C(C)C.I. The number of benzene rings is 1. The van der Waals surface area contributed by atoms with Crippen LogP contribution in [0.15, 0.2) is 35.3 Å². The van der Waals surface area contributed by atoms with Crippen LogP contribution in [0.3, 0.4) is 0 Å². The van der Waals surface area contributed by atoms with Crippen molar-refractivity contribution in [3.05, 3.63) is 36.0 Å². The van der Waals surface area contributed by atoms with E-state index in [2.05, 4.69) is 79.4 Å². The summed E-state index contributed by atoms with van der Waals surface area (Å²) in [6.07, 6.45) is 0. The smallest absolute Gasteiger partial charge is 0.191 e. The molecule has 0 radical (unpaired) electrons. The summed E-state index contributed by atoms with van der Waals surface area (Å²) >= 11 is 0. The van der Waals surface area contributed by atoms with E-state index < -0.39 is 0 Å². The topological polar surface area (TPSA) is 55.5 Å². The molecule has 26 heavy (non-hydrogen) atoms. The van der Waals surface area contributed by atoms with Gasteiger partial charge in [0.25, 0.3) is 0 Å². The standard InChI is InChI=1S/C20H33N5.HI/c1-6-21-20(22-11-12-25(15(2)3)16(4)5)23-14-18-13-17-9-7-8-10-19(17)24-18;/h7-10,13,15-16,24H,6,11-12,14H2,1-5H3,(H2,21,22,23);1H. The fraction of sp³-hybridized carbons (Fsp3) is 0.550. The lowest BCUT2D eigenvalue weighted by Crippen LogP contribution is -2.45. The number of fused-ring (bicyclic) bond motifs is 1. The highest BCUT2D eigenvalue weighted by Gasteiger charge is 2.12. The van der Waals surface area contributed by atoms with Crippen molar-refractivity contribution in [1.29, 1.82) is 0 Å².